The first kappa shape index (κ1) is 24.1. The van der Waals surface area contributed by atoms with Gasteiger partial charge in [0, 0.05) is 37.9 Å². The third kappa shape index (κ3) is 3.83. The molecule has 0 bridgehead atoms. The zero-order chi connectivity index (χ0) is 28.3. The summed E-state index contributed by atoms with van der Waals surface area (Å²) in [6.45, 7) is 0. The molecule has 0 radical (unpaired) electrons. The second-order valence-electron chi connectivity index (χ2n) is 10.6. The van der Waals surface area contributed by atoms with Crippen molar-refractivity contribution in [1.29, 1.82) is 0 Å². The van der Waals surface area contributed by atoms with E-state index in [1.54, 1.807) is 11.3 Å². The molecule has 5 heteroatoms. The number of fused-ring (bicyclic) bond motifs is 7. The van der Waals surface area contributed by atoms with Crippen molar-refractivity contribution in [3.05, 3.63) is 140 Å². The lowest BCUT2D eigenvalue weighted by Gasteiger charge is -2.10. The Morgan fingerprint density at radius 2 is 1.19 bits per heavy atom. The van der Waals surface area contributed by atoms with Gasteiger partial charge in [-0.25, -0.2) is 9.97 Å². The van der Waals surface area contributed by atoms with Crippen LogP contribution in [0.2, 0.25) is 0 Å². The predicted octanol–water partition coefficient (Wildman–Crippen LogP) is 10.5. The van der Waals surface area contributed by atoms with Gasteiger partial charge in [0.15, 0.2) is 11.4 Å². The van der Waals surface area contributed by atoms with Crippen LogP contribution in [0.3, 0.4) is 0 Å². The predicted molar refractivity (Wildman–Crippen MR) is 178 cm³/mol. The van der Waals surface area contributed by atoms with Crippen molar-refractivity contribution in [3.63, 3.8) is 0 Å². The van der Waals surface area contributed by atoms with Crippen LogP contribution in [0.1, 0.15) is 0 Å². The quantitative estimate of drug-likeness (QED) is 0.212. The number of furan rings is 1. The normalized spacial score (nSPS) is 11.7. The molecule has 9 rings (SSSR count). The van der Waals surface area contributed by atoms with Crippen molar-refractivity contribution < 1.29 is 4.42 Å². The molecule has 9 aromatic rings. The first-order chi connectivity index (χ1) is 21.3. The number of thiophene rings is 1. The van der Waals surface area contributed by atoms with Gasteiger partial charge in [0.05, 0.1) is 27.0 Å². The topological polar surface area (TPSA) is 43.9 Å². The number of benzene rings is 5. The van der Waals surface area contributed by atoms with Crippen molar-refractivity contribution in [1.82, 2.24) is 14.5 Å². The smallest absolute Gasteiger partial charge is 0.214 e. The molecule has 0 amide bonds. The zero-order valence-corrected chi connectivity index (χ0v) is 23.8. The van der Waals surface area contributed by atoms with Gasteiger partial charge in [-0.3, -0.25) is 4.57 Å². The molecule has 202 valence electrons. The van der Waals surface area contributed by atoms with Crippen LogP contribution in [0.4, 0.5) is 0 Å². The fourth-order valence-electron chi connectivity index (χ4n) is 6.03. The first-order valence-electron chi connectivity index (χ1n) is 14.3. The molecule has 0 spiro atoms. The summed E-state index contributed by atoms with van der Waals surface area (Å²) in [6, 6.07) is 48.1. The fourth-order valence-corrected chi connectivity index (χ4v) is 7.21. The van der Waals surface area contributed by atoms with Crippen molar-refractivity contribution >= 4 is 53.7 Å². The van der Waals surface area contributed by atoms with Crippen molar-refractivity contribution in [2.45, 2.75) is 0 Å². The van der Waals surface area contributed by atoms with E-state index in [2.05, 4.69) is 102 Å². The fraction of sp³-hybridized carbons (Fsp3) is 0. The molecular weight excluding hydrogens is 547 g/mol. The minimum absolute atomic E-state index is 0.693. The van der Waals surface area contributed by atoms with Gasteiger partial charge in [0.25, 0.3) is 0 Å². The number of aromatic nitrogens is 3. The summed E-state index contributed by atoms with van der Waals surface area (Å²) in [5, 5.41) is 3.39. The SMILES string of the molecule is c1ccc(-c2cc(-c3ccccc3)nc(-c3ccc4c(c3)c3c5sc6ccccc6c5oc3n4-c3ccccc3)n2)cc1. The van der Waals surface area contributed by atoms with E-state index in [1.807, 2.05) is 42.5 Å². The Labute approximate surface area is 251 Å². The number of hydrogen-bond donors (Lipinski definition) is 0. The van der Waals surface area contributed by atoms with E-state index in [0.29, 0.717) is 5.82 Å². The molecule has 4 heterocycles. The summed E-state index contributed by atoms with van der Waals surface area (Å²) in [5.74, 6) is 0.693. The molecule has 0 aliphatic heterocycles. The highest BCUT2D eigenvalue weighted by Gasteiger charge is 2.23. The van der Waals surface area contributed by atoms with Crippen molar-refractivity contribution in [2.75, 3.05) is 0 Å². The Bertz CT molecular complexity index is 2380. The van der Waals surface area contributed by atoms with Gasteiger partial charge in [-0.1, -0.05) is 91.0 Å². The lowest BCUT2D eigenvalue weighted by molar-refractivity contribution is 0.649. The van der Waals surface area contributed by atoms with Gasteiger partial charge in [0.2, 0.25) is 5.71 Å². The largest absolute Gasteiger partial charge is 0.438 e. The molecule has 0 aliphatic rings. The Kier molecular flexibility index (Phi) is 5.33. The molecule has 0 saturated carbocycles. The highest BCUT2D eigenvalue weighted by molar-refractivity contribution is 7.26. The summed E-state index contributed by atoms with van der Waals surface area (Å²) in [7, 11) is 0. The minimum atomic E-state index is 0.693. The molecule has 0 fully saturated rings. The Morgan fingerprint density at radius 3 is 1.88 bits per heavy atom. The average molecular weight is 570 g/mol. The maximum absolute atomic E-state index is 6.72. The van der Waals surface area contributed by atoms with Gasteiger partial charge >= 0.3 is 0 Å². The lowest BCUT2D eigenvalue weighted by atomic mass is 10.1. The molecule has 5 aromatic carbocycles. The van der Waals surface area contributed by atoms with Crippen LogP contribution in [0, 0.1) is 0 Å². The summed E-state index contributed by atoms with van der Waals surface area (Å²) in [4.78, 5) is 10.2. The van der Waals surface area contributed by atoms with Gasteiger partial charge < -0.3 is 4.42 Å². The second-order valence-corrected chi connectivity index (χ2v) is 11.7. The molecule has 0 atom stereocenters. The van der Waals surface area contributed by atoms with Gasteiger partial charge in [-0.15, -0.1) is 11.3 Å². The molecule has 0 saturated heterocycles. The maximum Gasteiger partial charge on any atom is 0.214 e. The maximum atomic E-state index is 6.72. The van der Waals surface area contributed by atoms with Crippen molar-refractivity contribution in [2.24, 2.45) is 0 Å². The Hall–Kier alpha value is -5.52. The molecule has 43 heavy (non-hydrogen) atoms. The van der Waals surface area contributed by atoms with Crippen molar-refractivity contribution in [3.8, 4) is 39.6 Å². The highest BCUT2D eigenvalue weighted by Crippen LogP contribution is 2.46. The lowest BCUT2D eigenvalue weighted by Crippen LogP contribution is -1.96. The van der Waals surface area contributed by atoms with Crippen LogP contribution < -0.4 is 0 Å². The summed E-state index contributed by atoms with van der Waals surface area (Å²) >= 11 is 1.78. The van der Waals surface area contributed by atoms with E-state index in [4.69, 9.17) is 14.4 Å². The van der Waals surface area contributed by atoms with E-state index >= 15 is 0 Å². The molecule has 0 N–H and O–H groups in total. The summed E-state index contributed by atoms with van der Waals surface area (Å²) in [5.41, 5.74) is 8.82. The minimum Gasteiger partial charge on any atom is -0.438 e. The number of hydrogen-bond acceptors (Lipinski definition) is 4. The first-order valence-corrected chi connectivity index (χ1v) is 15.1. The molecule has 0 unspecified atom stereocenters. The third-order valence-corrected chi connectivity index (χ3v) is 9.21. The Balaban J connectivity index is 1.34. The zero-order valence-electron chi connectivity index (χ0n) is 22.9. The standard InChI is InChI=1S/C38H23N3OS/c1-4-12-24(13-5-1)30-23-31(25-14-6-2-7-15-25)40-37(39-30)26-20-21-32-29(22-26)34-36-35(28-18-10-11-19-33(28)43-36)42-38(34)41(32)27-16-8-3-9-17-27/h1-23H. The van der Waals surface area contributed by atoms with Gasteiger partial charge in [-0.2, -0.15) is 0 Å². The van der Waals surface area contributed by atoms with E-state index in [0.717, 1.165) is 71.4 Å². The Morgan fingerprint density at radius 1 is 0.558 bits per heavy atom. The summed E-state index contributed by atoms with van der Waals surface area (Å²) < 4.78 is 11.3. The molecule has 4 nitrogen and oxygen atoms in total. The molecule has 4 aromatic heterocycles. The number of nitrogens with zero attached hydrogens (tertiary/aromatic N) is 3. The second kappa shape index (κ2) is 9.51. The van der Waals surface area contributed by atoms with Crippen LogP contribution in [0.15, 0.2) is 144 Å². The van der Waals surface area contributed by atoms with E-state index in [1.165, 1.54) is 4.70 Å². The van der Waals surface area contributed by atoms with E-state index in [-0.39, 0.29) is 0 Å². The molecule has 0 aliphatic carbocycles. The van der Waals surface area contributed by atoms with Crippen LogP contribution in [-0.4, -0.2) is 14.5 Å². The number of rotatable bonds is 4. The molecular formula is C38H23N3OS. The van der Waals surface area contributed by atoms with Crippen LogP contribution >= 0.6 is 11.3 Å². The highest BCUT2D eigenvalue weighted by atomic mass is 32.1. The van der Waals surface area contributed by atoms with Gasteiger partial charge in [-0.05, 0) is 48.5 Å². The van der Waals surface area contributed by atoms with E-state index in [9.17, 15) is 0 Å². The third-order valence-electron chi connectivity index (χ3n) is 8.04. The summed E-state index contributed by atoms with van der Waals surface area (Å²) in [6.07, 6.45) is 0. The van der Waals surface area contributed by atoms with E-state index < -0.39 is 0 Å². The van der Waals surface area contributed by atoms with Crippen LogP contribution in [-0.2, 0) is 0 Å². The monoisotopic (exact) mass is 569 g/mol. The van der Waals surface area contributed by atoms with Crippen LogP contribution in [0.5, 0.6) is 0 Å². The van der Waals surface area contributed by atoms with Gasteiger partial charge in [0.1, 0.15) is 0 Å². The van der Waals surface area contributed by atoms with Crippen LogP contribution in [0.25, 0.3) is 82.0 Å². The average Bonchev–Trinajstić information content (AvgIpc) is 3.72. The number of para-hydroxylation sites is 1.